The fourth-order valence-electron chi connectivity index (χ4n) is 4.40. The van der Waals surface area contributed by atoms with Gasteiger partial charge in [0.25, 0.3) is 0 Å². The quantitative estimate of drug-likeness (QED) is 0.416. The number of hydrogen-bond acceptors (Lipinski definition) is 5. The first-order chi connectivity index (χ1) is 15.2. The van der Waals surface area contributed by atoms with Crippen LogP contribution in [0.5, 0.6) is 5.75 Å². The van der Waals surface area contributed by atoms with E-state index in [-0.39, 0.29) is 12.2 Å². The molecule has 0 amide bonds. The number of carbonyl (C=O) groups is 1. The number of nitrogens with two attached hydrogens (primary N) is 1. The third kappa shape index (κ3) is 4.44. The summed E-state index contributed by atoms with van der Waals surface area (Å²) in [5.41, 5.74) is 7.20. The van der Waals surface area contributed by atoms with Gasteiger partial charge in [0.15, 0.2) is 5.54 Å². The van der Waals surface area contributed by atoms with E-state index in [2.05, 4.69) is 43.8 Å². The summed E-state index contributed by atoms with van der Waals surface area (Å²) in [4.78, 5) is 19.6. The molecule has 7 nitrogen and oxygen atoms in total. The number of fused-ring (bicyclic) bond motifs is 1. The molecule has 0 saturated carbocycles. The van der Waals surface area contributed by atoms with Crippen LogP contribution in [-0.4, -0.2) is 50.8 Å². The van der Waals surface area contributed by atoms with E-state index in [4.69, 9.17) is 10.7 Å². The van der Waals surface area contributed by atoms with Gasteiger partial charge in [-0.25, -0.2) is 9.78 Å². The molecule has 0 aliphatic carbocycles. The number of halogens is 2. The van der Waals surface area contributed by atoms with Crippen molar-refractivity contribution in [3.8, 4) is 5.75 Å². The highest BCUT2D eigenvalue weighted by molar-refractivity contribution is 9.11. The van der Waals surface area contributed by atoms with Crippen molar-refractivity contribution in [2.75, 3.05) is 20.1 Å². The van der Waals surface area contributed by atoms with E-state index in [0.29, 0.717) is 32.8 Å². The van der Waals surface area contributed by atoms with Gasteiger partial charge < -0.3 is 25.4 Å². The maximum atomic E-state index is 12.6. The fourth-order valence-corrected chi connectivity index (χ4v) is 5.68. The smallest absolute Gasteiger partial charge is 0.331 e. The summed E-state index contributed by atoms with van der Waals surface area (Å²) in [6.07, 6.45) is 2.12. The van der Waals surface area contributed by atoms with E-state index in [1.165, 1.54) is 0 Å². The molecular formula is C23H26Br2N4O3. The molecule has 4 rings (SSSR count). The molecule has 3 aromatic rings. The number of benzene rings is 2. The van der Waals surface area contributed by atoms with Gasteiger partial charge in [-0.2, -0.15) is 0 Å². The standard InChI is InChI=1S/C23H26Br2N4O3/c1-28-8-6-14(7-9-28)13-29-19-5-3-2-4-18(19)27-21(29)23(26,22(31)32)12-15-10-16(24)20(30)17(25)11-15/h2-5,10-11,14,30H,6-9,12-13,26H2,1H3,(H,31,32)/t23-/m1/s1. The first-order valence-corrected chi connectivity index (χ1v) is 12.1. The second kappa shape index (κ2) is 9.13. The first kappa shape index (κ1) is 23.2. The van der Waals surface area contributed by atoms with E-state index < -0.39 is 11.5 Å². The number of aromatic nitrogens is 2. The molecule has 9 heteroatoms. The lowest BCUT2D eigenvalue weighted by molar-refractivity contribution is -0.144. The number of hydrogen-bond donors (Lipinski definition) is 3. The molecule has 1 aliphatic heterocycles. The molecule has 2 heterocycles. The zero-order valence-corrected chi connectivity index (χ0v) is 20.9. The van der Waals surface area contributed by atoms with Crippen LogP contribution in [0.1, 0.15) is 24.2 Å². The van der Waals surface area contributed by atoms with Gasteiger partial charge in [-0.1, -0.05) is 12.1 Å². The first-order valence-electron chi connectivity index (χ1n) is 10.5. The van der Waals surface area contributed by atoms with E-state index in [1.54, 1.807) is 12.1 Å². The summed E-state index contributed by atoms with van der Waals surface area (Å²) in [5, 5.41) is 20.3. The van der Waals surface area contributed by atoms with Crippen LogP contribution in [0.3, 0.4) is 0 Å². The highest BCUT2D eigenvalue weighted by Gasteiger charge is 2.42. The number of carboxylic acid groups (broad SMARTS) is 1. The number of likely N-dealkylation sites (tertiary alicyclic amines) is 1. The molecule has 32 heavy (non-hydrogen) atoms. The number of aromatic hydroxyl groups is 1. The van der Waals surface area contributed by atoms with E-state index in [0.717, 1.165) is 37.0 Å². The number of para-hydroxylation sites is 2. The van der Waals surface area contributed by atoms with Gasteiger partial charge >= 0.3 is 5.97 Å². The Balaban J connectivity index is 1.79. The maximum Gasteiger partial charge on any atom is 0.331 e. The molecule has 1 fully saturated rings. The molecule has 2 aromatic carbocycles. The Labute approximate surface area is 203 Å². The zero-order chi connectivity index (χ0) is 23.0. The van der Waals surface area contributed by atoms with Crippen LogP contribution in [-0.2, 0) is 23.3 Å². The zero-order valence-electron chi connectivity index (χ0n) is 17.8. The second-order valence-electron chi connectivity index (χ2n) is 8.64. The van der Waals surface area contributed by atoms with Gasteiger partial charge in [0.1, 0.15) is 11.6 Å². The molecule has 170 valence electrons. The Morgan fingerprint density at radius 1 is 1.22 bits per heavy atom. The van der Waals surface area contributed by atoms with Crippen molar-refractivity contribution >= 4 is 48.9 Å². The second-order valence-corrected chi connectivity index (χ2v) is 10.4. The normalized spacial score (nSPS) is 17.5. The van der Waals surface area contributed by atoms with Crippen LogP contribution in [0.25, 0.3) is 11.0 Å². The van der Waals surface area contributed by atoms with Crippen molar-refractivity contribution in [3.63, 3.8) is 0 Å². The highest BCUT2D eigenvalue weighted by Crippen LogP contribution is 2.36. The minimum Gasteiger partial charge on any atom is -0.506 e. The predicted octanol–water partition coefficient (Wildman–Crippen LogP) is 4.09. The molecule has 0 bridgehead atoms. The highest BCUT2D eigenvalue weighted by atomic mass is 79.9. The molecule has 1 saturated heterocycles. The van der Waals surface area contributed by atoms with Crippen LogP contribution in [0.4, 0.5) is 0 Å². The average Bonchev–Trinajstić information content (AvgIpc) is 3.12. The number of aliphatic carboxylic acids is 1. The van der Waals surface area contributed by atoms with Crippen molar-refractivity contribution in [3.05, 3.63) is 56.7 Å². The van der Waals surface area contributed by atoms with Crippen LogP contribution in [0.2, 0.25) is 0 Å². The summed E-state index contributed by atoms with van der Waals surface area (Å²) >= 11 is 6.64. The Morgan fingerprint density at radius 2 is 1.84 bits per heavy atom. The Bertz CT molecular complexity index is 1130. The predicted molar refractivity (Wildman–Crippen MR) is 131 cm³/mol. The van der Waals surface area contributed by atoms with Crippen molar-refractivity contribution in [2.45, 2.75) is 31.3 Å². The van der Waals surface area contributed by atoms with E-state index in [1.807, 2.05) is 28.8 Å². The van der Waals surface area contributed by atoms with Gasteiger partial charge in [-0.05, 0) is 101 Å². The molecular weight excluding hydrogens is 540 g/mol. The number of piperidine rings is 1. The van der Waals surface area contributed by atoms with Crippen molar-refractivity contribution in [2.24, 2.45) is 11.7 Å². The summed E-state index contributed by atoms with van der Waals surface area (Å²) in [6, 6.07) is 11.1. The summed E-state index contributed by atoms with van der Waals surface area (Å²) < 4.78 is 2.94. The van der Waals surface area contributed by atoms with Crippen LogP contribution >= 0.6 is 31.9 Å². The molecule has 0 radical (unpaired) electrons. The third-order valence-electron chi connectivity index (χ3n) is 6.27. The van der Waals surface area contributed by atoms with Gasteiger partial charge in [0.2, 0.25) is 0 Å². The SMILES string of the molecule is CN1CCC(Cn2c([C@](N)(Cc3cc(Br)c(O)c(Br)c3)C(=O)O)nc3ccccc32)CC1. The van der Waals surface area contributed by atoms with E-state index in [9.17, 15) is 15.0 Å². The van der Waals surface area contributed by atoms with Crippen molar-refractivity contribution in [1.29, 1.82) is 0 Å². The minimum atomic E-state index is -1.74. The van der Waals surface area contributed by atoms with Gasteiger partial charge in [0.05, 0.1) is 20.0 Å². The summed E-state index contributed by atoms with van der Waals surface area (Å²) in [6.45, 7) is 2.72. The number of rotatable bonds is 6. The lowest BCUT2D eigenvalue weighted by atomic mass is 9.90. The van der Waals surface area contributed by atoms with Crippen LogP contribution in [0, 0.1) is 5.92 Å². The molecule has 1 atom stereocenters. The Morgan fingerprint density at radius 3 is 2.47 bits per heavy atom. The van der Waals surface area contributed by atoms with Crippen molar-refractivity contribution < 1.29 is 15.0 Å². The number of nitrogens with zero attached hydrogens (tertiary/aromatic N) is 3. The fraction of sp³-hybridized carbons (Fsp3) is 0.391. The molecule has 0 spiro atoms. The maximum absolute atomic E-state index is 12.6. The Kier molecular flexibility index (Phi) is 6.63. The number of phenols is 1. The van der Waals surface area contributed by atoms with Crippen molar-refractivity contribution in [1.82, 2.24) is 14.5 Å². The molecule has 4 N–H and O–H groups in total. The molecule has 1 aliphatic rings. The molecule has 0 unspecified atom stereocenters. The number of carboxylic acids is 1. The number of phenolic OH excluding ortho intramolecular Hbond substituents is 1. The van der Waals surface area contributed by atoms with Gasteiger partial charge in [0, 0.05) is 13.0 Å². The summed E-state index contributed by atoms with van der Waals surface area (Å²) in [7, 11) is 2.12. The largest absolute Gasteiger partial charge is 0.506 e. The Hall–Kier alpha value is -1.94. The van der Waals surface area contributed by atoms with Gasteiger partial charge in [-0.3, -0.25) is 0 Å². The lowest BCUT2D eigenvalue weighted by Crippen LogP contribution is -2.49. The third-order valence-corrected chi connectivity index (χ3v) is 7.48. The van der Waals surface area contributed by atoms with Crippen LogP contribution in [0.15, 0.2) is 45.3 Å². The van der Waals surface area contributed by atoms with Gasteiger partial charge in [-0.15, -0.1) is 0 Å². The summed E-state index contributed by atoms with van der Waals surface area (Å²) in [5.74, 6) is -0.304. The average molecular weight is 566 g/mol. The monoisotopic (exact) mass is 564 g/mol. The number of imidazole rings is 1. The molecule has 1 aromatic heterocycles. The minimum absolute atomic E-state index is 0.0243. The van der Waals surface area contributed by atoms with Crippen LogP contribution < -0.4 is 5.73 Å². The van der Waals surface area contributed by atoms with E-state index >= 15 is 0 Å². The lowest BCUT2D eigenvalue weighted by Gasteiger charge is -2.31. The topological polar surface area (TPSA) is 105 Å².